The first kappa shape index (κ1) is 30.1. The summed E-state index contributed by atoms with van der Waals surface area (Å²) in [4.78, 5) is 73.4. The molecule has 0 spiro atoms. The number of amides is 4. The molecule has 0 aromatic heterocycles. The minimum Gasteiger partial charge on any atom is -0.508 e. The smallest absolute Gasteiger partial charge is 0.305 e. The van der Waals surface area contributed by atoms with E-state index in [0.29, 0.717) is 5.56 Å². The van der Waals surface area contributed by atoms with E-state index in [1.807, 2.05) is 0 Å². The number of carbonyl (C=O) groups is 6. The van der Waals surface area contributed by atoms with Gasteiger partial charge in [-0.15, -0.1) is 0 Å². The molecule has 36 heavy (non-hydrogen) atoms. The number of phenolic OH excluding ortho intramolecular Hbond substituents is 1. The second-order valence-electron chi connectivity index (χ2n) is 8.83. The Hall–Kier alpha value is -3.96. The van der Waals surface area contributed by atoms with Crippen molar-refractivity contribution in [1.82, 2.24) is 20.9 Å². The normalized spacial score (nSPS) is 14.1. The molecule has 4 amide bonds. The van der Waals surface area contributed by atoms with Gasteiger partial charge in [0.2, 0.25) is 23.6 Å². The van der Waals surface area contributed by atoms with Gasteiger partial charge in [0.25, 0.3) is 0 Å². The van der Waals surface area contributed by atoms with Crippen LogP contribution in [0.2, 0.25) is 0 Å². The first-order valence-electron chi connectivity index (χ1n) is 11.4. The van der Waals surface area contributed by atoms with Crippen LogP contribution in [0.15, 0.2) is 24.3 Å². The average Bonchev–Trinajstić information content (AvgIpc) is 2.80. The monoisotopic (exact) mass is 506 g/mol. The second kappa shape index (κ2) is 13.8. The Morgan fingerprint density at radius 3 is 2.00 bits per heavy atom. The number of nitrogens with zero attached hydrogens (tertiary/aromatic N) is 1. The number of carbonyl (C=O) groups excluding carboxylic acids is 5. The molecule has 0 aliphatic rings. The summed E-state index contributed by atoms with van der Waals surface area (Å²) in [6.07, 6.45) is -0.186. The van der Waals surface area contributed by atoms with Crippen LogP contribution in [0.5, 0.6) is 5.75 Å². The number of hydrogen-bond acceptors (Lipinski definition) is 7. The van der Waals surface area contributed by atoms with E-state index in [4.69, 9.17) is 5.11 Å². The van der Waals surface area contributed by atoms with Gasteiger partial charge in [0.15, 0.2) is 0 Å². The van der Waals surface area contributed by atoms with Crippen LogP contribution in [0.3, 0.4) is 0 Å². The third kappa shape index (κ3) is 9.35. The van der Waals surface area contributed by atoms with Crippen molar-refractivity contribution < 1.29 is 39.0 Å². The molecule has 5 N–H and O–H groups in total. The van der Waals surface area contributed by atoms with Crippen molar-refractivity contribution in [3.63, 3.8) is 0 Å². The average molecular weight is 507 g/mol. The van der Waals surface area contributed by atoms with Gasteiger partial charge in [-0.25, -0.2) is 0 Å². The highest BCUT2D eigenvalue weighted by Gasteiger charge is 2.32. The number of benzene rings is 1. The van der Waals surface area contributed by atoms with Gasteiger partial charge < -0.3 is 35.9 Å². The lowest BCUT2D eigenvalue weighted by Crippen LogP contribution is -2.58. The van der Waals surface area contributed by atoms with E-state index in [-0.39, 0.29) is 24.4 Å². The molecule has 0 aliphatic carbocycles. The molecule has 0 radical (unpaired) electrons. The SMILES string of the molecule is CC(=O)N(C)[C@@H](Cc1ccc(O)cc1)C(=O)N[C@H](C(=O)N[C@@H](C)C(=O)N[C@H](C=O)CC(=O)O)C(C)C. The van der Waals surface area contributed by atoms with E-state index in [1.54, 1.807) is 26.0 Å². The largest absolute Gasteiger partial charge is 0.508 e. The van der Waals surface area contributed by atoms with E-state index in [2.05, 4.69) is 16.0 Å². The van der Waals surface area contributed by atoms with Crippen LogP contribution in [0.25, 0.3) is 0 Å². The van der Waals surface area contributed by atoms with E-state index >= 15 is 0 Å². The predicted octanol–water partition coefficient (Wildman–Crippen LogP) is -0.414. The standard InChI is InChI=1S/C24H34N4O8/c1-13(2)21(24(36)25-14(3)22(34)26-17(12-29)11-20(32)33)27-23(35)19(28(5)15(4)30)10-16-6-8-18(31)9-7-16/h6-9,12-14,17,19,21,31H,10-11H2,1-5H3,(H,25,36)(H,26,34)(H,27,35)(H,32,33)/t14-,17-,19-,21-/m0/s1. The van der Waals surface area contributed by atoms with Gasteiger partial charge in [0.05, 0.1) is 12.5 Å². The number of aliphatic carboxylic acids is 1. The lowest BCUT2D eigenvalue weighted by molar-refractivity contribution is -0.140. The summed E-state index contributed by atoms with van der Waals surface area (Å²) in [6, 6.07) is 1.77. The van der Waals surface area contributed by atoms with E-state index in [9.17, 15) is 33.9 Å². The van der Waals surface area contributed by atoms with Gasteiger partial charge >= 0.3 is 5.97 Å². The topological polar surface area (TPSA) is 182 Å². The molecule has 198 valence electrons. The number of carboxylic acids is 1. The highest BCUT2D eigenvalue weighted by Crippen LogP contribution is 2.14. The number of hydrogen-bond donors (Lipinski definition) is 5. The maximum Gasteiger partial charge on any atom is 0.305 e. The lowest BCUT2D eigenvalue weighted by atomic mass is 10.00. The van der Waals surface area contributed by atoms with Gasteiger partial charge in [-0.2, -0.15) is 0 Å². The Kier molecular flexibility index (Phi) is 11.5. The Morgan fingerprint density at radius 1 is 0.944 bits per heavy atom. The van der Waals surface area contributed by atoms with E-state index in [0.717, 1.165) is 0 Å². The number of aromatic hydroxyl groups is 1. The molecule has 4 atom stereocenters. The minimum absolute atomic E-state index is 0.0526. The quantitative estimate of drug-likeness (QED) is 0.224. The van der Waals surface area contributed by atoms with Crippen LogP contribution in [-0.4, -0.2) is 82.2 Å². The van der Waals surface area contributed by atoms with Gasteiger partial charge in [-0.1, -0.05) is 26.0 Å². The summed E-state index contributed by atoms with van der Waals surface area (Å²) in [7, 11) is 1.46. The summed E-state index contributed by atoms with van der Waals surface area (Å²) >= 11 is 0. The first-order valence-corrected chi connectivity index (χ1v) is 11.4. The first-order chi connectivity index (χ1) is 16.8. The fourth-order valence-corrected chi connectivity index (χ4v) is 3.26. The fourth-order valence-electron chi connectivity index (χ4n) is 3.26. The highest BCUT2D eigenvalue weighted by molar-refractivity contribution is 5.94. The molecule has 0 heterocycles. The zero-order valence-electron chi connectivity index (χ0n) is 21.0. The molecule has 0 bridgehead atoms. The number of phenols is 1. The van der Waals surface area contributed by atoms with Crippen molar-refractivity contribution >= 4 is 35.9 Å². The molecule has 0 saturated carbocycles. The van der Waals surface area contributed by atoms with Crippen molar-refractivity contribution in [2.45, 2.75) is 64.7 Å². The Balaban J connectivity index is 2.96. The molecule has 1 aromatic carbocycles. The molecule has 12 nitrogen and oxygen atoms in total. The molecule has 12 heteroatoms. The van der Waals surface area contributed by atoms with E-state index in [1.165, 1.54) is 37.9 Å². The van der Waals surface area contributed by atoms with Crippen LogP contribution in [0.4, 0.5) is 0 Å². The maximum atomic E-state index is 13.2. The van der Waals surface area contributed by atoms with Gasteiger partial charge in [0, 0.05) is 20.4 Å². The predicted molar refractivity (Wildman–Crippen MR) is 129 cm³/mol. The lowest BCUT2D eigenvalue weighted by Gasteiger charge is -2.30. The zero-order valence-corrected chi connectivity index (χ0v) is 21.0. The Bertz CT molecular complexity index is 963. The molecular weight excluding hydrogens is 472 g/mol. The van der Waals surface area contributed by atoms with Gasteiger partial charge in [-0.05, 0) is 30.5 Å². The number of nitrogens with one attached hydrogen (secondary N) is 3. The van der Waals surface area contributed by atoms with Crippen LogP contribution in [0, 0.1) is 5.92 Å². The van der Waals surface area contributed by atoms with Gasteiger partial charge in [-0.3, -0.25) is 24.0 Å². The number of carboxylic acid groups (broad SMARTS) is 1. The molecular formula is C24H34N4O8. The second-order valence-corrected chi connectivity index (χ2v) is 8.83. The zero-order chi connectivity index (χ0) is 27.6. The molecule has 0 aliphatic heterocycles. The third-order valence-corrected chi connectivity index (χ3v) is 5.52. The summed E-state index contributed by atoms with van der Waals surface area (Å²) in [6.45, 7) is 6.04. The molecule has 1 rings (SSSR count). The maximum absolute atomic E-state index is 13.2. The van der Waals surface area contributed by atoms with Crippen LogP contribution in [-0.2, 0) is 35.2 Å². The van der Waals surface area contributed by atoms with Crippen molar-refractivity contribution in [1.29, 1.82) is 0 Å². The summed E-state index contributed by atoms with van der Waals surface area (Å²) in [5.74, 6) is -4.00. The molecule has 0 unspecified atom stereocenters. The van der Waals surface area contributed by atoms with Crippen LogP contribution < -0.4 is 16.0 Å². The molecule has 0 fully saturated rings. The van der Waals surface area contributed by atoms with Crippen molar-refractivity contribution in [3.05, 3.63) is 29.8 Å². The summed E-state index contributed by atoms with van der Waals surface area (Å²) < 4.78 is 0. The van der Waals surface area contributed by atoms with Crippen molar-refractivity contribution in [2.75, 3.05) is 7.05 Å². The fraction of sp³-hybridized carbons (Fsp3) is 0.500. The molecule has 0 saturated heterocycles. The third-order valence-electron chi connectivity index (χ3n) is 5.52. The minimum atomic E-state index is -1.27. The Labute approximate surface area is 209 Å². The number of rotatable bonds is 13. The Morgan fingerprint density at radius 2 is 1.53 bits per heavy atom. The molecule has 1 aromatic rings. The van der Waals surface area contributed by atoms with Crippen LogP contribution >= 0.6 is 0 Å². The summed E-state index contributed by atoms with van der Waals surface area (Å²) in [5.41, 5.74) is 0.683. The summed E-state index contributed by atoms with van der Waals surface area (Å²) in [5, 5.41) is 25.6. The van der Waals surface area contributed by atoms with Gasteiger partial charge in [0.1, 0.15) is 30.2 Å². The van der Waals surface area contributed by atoms with E-state index < -0.39 is 60.2 Å². The number of aldehydes is 1. The van der Waals surface area contributed by atoms with Crippen molar-refractivity contribution in [2.24, 2.45) is 5.92 Å². The van der Waals surface area contributed by atoms with Crippen molar-refractivity contribution in [3.8, 4) is 5.75 Å². The number of likely N-dealkylation sites (N-methyl/N-ethyl adjacent to an activating group) is 1. The van der Waals surface area contributed by atoms with Crippen LogP contribution in [0.1, 0.15) is 39.7 Å². The highest BCUT2D eigenvalue weighted by atomic mass is 16.4.